The maximum absolute atomic E-state index is 11.6. The van der Waals surface area contributed by atoms with Crippen LogP contribution in [-0.4, -0.2) is 17.7 Å². The minimum absolute atomic E-state index is 0.0440. The summed E-state index contributed by atoms with van der Waals surface area (Å²) >= 11 is 0. The number of aliphatic hydroxyl groups is 1. The molecule has 0 aliphatic rings. The van der Waals surface area contributed by atoms with E-state index in [9.17, 15) is 9.90 Å². The van der Waals surface area contributed by atoms with Gasteiger partial charge in [0.15, 0.2) is 0 Å². The quantitative estimate of drug-likeness (QED) is 0.761. The minimum Gasteiger partial charge on any atom is -0.445 e. The highest BCUT2D eigenvalue weighted by Gasteiger charge is 2.01. The van der Waals surface area contributed by atoms with E-state index in [0.29, 0.717) is 13.0 Å². The fourth-order valence-corrected chi connectivity index (χ4v) is 2.22. The smallest absolute Gasteiger partial charge is 0.407 e. The predicted octanol–water partition coefficient (Wildman–Crippen LogP) is 3.82. The Kier molecular flexibility index (Phi) is 7.05. The number of ether oxygens (including phenoxy) is 1. The first-order valence-corrected chi connectivity index (χ1v) is 8.00. The molecule has 0 aliphatic heterocycles. The molecule has 0 radical (unpaired) electrons. The van der Waals surface area contributed by atoms with E-state index < -0.39 is 6.09 Å². The highest BCUT2D eigenvalue weighted by atomic mass is 16.5. The Labute approximate surface area is 142 Å². The van der Waals surface area contributed by atoms with Crippen LogP contribution in [0.1, 0.15) is 28.7 Å². The maximum Gasteiger partial charge on any atom is 0.407 e. The molecule has 2 aromatic carbocycles. The summed E-state index contributed by atoms with van der Waals surface area (Å²) in [6.07, 6.45) is 4.27. The maximum atomic E-state index is 11.6. The van der Waals surface area contributed by atoms with Gasteiger partial charge in [-0.05, 0) is 41.7 Å². The lowest BCUT2D eigenvalue weighted by Crippen LogP contribution is -2.24. The highest BCUT2D eigenvalue weighted by Crippen LogP contribution is 2.12. The standard InChI is InChI=1S/C20H23NO3/c1-16-10-11-17(13-19(16)14-22)7-5-6-12-21-20(23)24-15-18-8-3-2-4-9-18/h2-5,7-11,13,22H,6,12,14-15H2,1H3,(H,21,23). The van der Waals surface area contributed by atoms with Crippen LogP contribution in [0, 0.1) is 6.92 Å². The molecule has 2 aromatic rings. The van der Waals surface area contributed by atoms with E-state index >= 15 is 0 Å². The van der Waals surface area contributed by atoms with E-state index in [4.69, 9.17) is 4.74 Å². The van der Waals surface area contributed by atoms with Gasteiger partial charge < -0.3 is 15.2 Å². The molecule has 0 spiro atoms. The van der Waals surface area contributed by atoms with Crippen molar-refractivity contribution in [1.29, 1.82) is 0 Å². The molecule has 4 heteroatoms. The van der Waals surface area contributed by atoms with Crippen LogP contribution in [0.3, 0.4) is 0 Å². The Hall–Kier alpha value is -2.59. The Morgan fingerprint density at radius 2 is 2.00 bits per heavy atom. The van der Waals surface area contributed by atoms with Gasteiger partial charge in [0.1, 0.15) is 6.61 Å². The number of aliphatic hydroxyl groups excluding tert-OH is 1. The summed E-state index contributed by atoms with van der Waals surface area (Å²) in [4.78, 5) is 11.6. The molecular weight excluding hydrogens is 302 g/mol. The Morgan fingerprint density at radius 3 is 2.75 bits per heavy atom. The van der Waals surface area contributed by atoms with Crippen molar-refractivity contribution in [2.45, 2.75) is 26.6 Å². The van der Waals surface area contributed by atoms with Gasteiger partial charge in [-0.2, -0.15) is 0 Å². The summed E-state index contributed by atoms with van der Waals surface area (Å²) in [6, 6.07) is 15.5. The number of carbonyl (C=O) groups excluding carboxylic acids is 1. The highest BCUT2D eigenvalue weighted by molar-refractivity contribution is 5.67. The molecule has 126 valence electrons. The molecule has 4 nitrogen and oxygen atoms in total. The number of carbonyl (C=O) groups is 1. The SMILES string of the molecule is Cc1ccc(C=CCCNC(=O)OCc2ccccc2)cc1CO. The average molecular weight is 325 g/mol. The summed E-state index contributed by atoms with van der Waals surface area (Å²) in [5.41, 5.74) is 4.01. The van der Waals surface area contributed by atoms with E-state index in [0.717, 1.165) is 22.3 Å². The van der Waals surface area contributed by atoms with E-state index in [2.05, 4.69) is 5.32 Å². The summed E-state index contributed by atoms with van der Waals surface area (Å²) < 4.78 is 5.13. The number of alkyl carbamates (subject to hydrolysis) is 1. The topological polar surface area (TPSA) is 58.6 Å². The zero-order valence-corrected chi connectivity index (χ0v) is 13.9. The molecule has 2 N–H and O–H groups in total. The van der Waals surface area contributed by atoms with Crippen LogP contribution in [0.25, 0.3) is 6.08 Å². The molecule has 2 rings (SSSR count). The first kappa shape index (κ1) is 17.8. The number of hydrogen-bond acceptors (Lipinski definition) is 3. The van der Waals surface area contributed by atoms with Gasteiger partial charge >= 0.3 is 6.09 Å². The van der Waals surface area contributed by atoms with Crippen LogP contribution in [0.2, 0.25) is 0 Å². The van der Waals surface area contributed by atoms with Crippen LogP contribution in [0.4, 0.5) is 4.79 Å². The van der Waals surface area contributed by atoms with Crippen LogP contribution in [0.5, 0.6) is 0 Å². The van der Waals surface area contributed by atoms with Crippen molar-refractivity contribution >= 4 is 12.2 Å². The summed E-state index contributed by atoms with van der Waals surface area (Å²) in [5.74, 6) is 0. The van der Waals surface area contributed by atoms with Gasteiger partial charge in [0.05, 0.1) is 6.61 Å². The van der Waals surface area contributed by atoms with E-state index in [1.165, 1.54) is 0 Å². The van der Waals surface area contributed by atoms with Gasteiger partial charge in [-0.15, -0.1) is 0 Å². The fourth-order valence-electron chi connectivity index (χ4n) is 2.22. The number of rotatable bonds is 7. The monoisotopic (exact) mass is 325 g/mol. The molecule has 0 saturated heterocycles. The fraction of sp³-hybridized carbons (Fsp3) is 0.250. The van der Waals surface area contributed by atoms with Gasteiger partial charge in [0.25, 0.3) is 0 Å². The molecule has 0 bridgehead atoms. The molecule has 0 unspecified atom stereocenters. The predicted molar refractivity (Wildman–Crippen MR) is 95.4 cm³/mol. The molecule has 1 amide bonds. The molecule has 0 saturated carbocycles. The molecule has 0 heterocycles. The van der Waals surface area contributed by atoms with E-state index in [-0.39, 0.29) is 13.2 Å². The molecule has 0 aliphatic carbocycles. The second-order valence-electron chi connectivity index (χ2n) is 5.52. The molecule has 0 fully saturated rings. The number of hydrogen-bond donors (Lipinski definition) is 2. The third-order valence-corrected chi connectivity index (χ3v) is 3.65. The number of nitrogens with one attached hydrogen (secondary N) is 1. The van der Waals surface area contributed by atoms with E-state index in [1.807, 2.05) is 67.6 Å². The Bertz CT molecular complexity index is 681. The largest absolute Gasteiger partial charge is 0.445 e. The van der Waals surface area contributed by atoms with Gasteiger partial charge in [0, 0.05) is 6.54 Å². The number of amides is 1. The lowest BCUT2D eigenvalue weighted by atomic mass is 10.1. The molecular formula is C20H23NO3. The lowest BCUT2D eigenvalue weighted by Gasteiger charge is -2.06. The summed E-state index contributed by atoms with van der Waals surface area (Å²) in [6.45, 7) is 2.81. The van der Waals surface area contributed by atoms with Gasteiger partial charge in [-0.25, -0.2) is 4.79 Å². The van der Waals surface area contributed by atoms with Crippen molar-refractivity contribution < 1.29 is 14.6 Å². The number of aryl methyl sites for hydroxylation is 1. The second-order valence-corrected chi connectivity index (χ2v) is 5.52. The third kappa shape index (κ3) is 5.89. The van der Waals surface area contributed by atoms with Crippen molar-refractivity contribution in [1.82, 2.24) is 5.32 Å². The lowest BCUT2D eigenvalue weighted by molar-refractivity contribution is 0.140. The second kappa shape index (κ2) is 9.53. The summed E-state index contributed by atoms with van der Waals surface area (Å²) in [5, 5.41) is 12.0. The Balaban J connectivity index is 1.67. The van der Waals surface area contributed by atoms with Crippen LogP contribution < -0.4 is 5.32 Å². The van der Waals surface area contributed by atoms with Crippen LogP contribution in [0.15, 0.2) is 54.6 Å². The van der Waals surface area contributed by atoms with Gasteiger partial charge in [0.2, 0.25) is 0 Å². The zero-order valence-electron chi connectivity index (χ0n) is 13.9. The molecule has 0 aromatic heterocycles. The minimum atomic E-state index is -0.412. The van der Waals surface area contributed by atoms with Crippen molar-refractivity contribution in [2.75, 3.05) is 6.54 Å². The van der Waals surface area contributed by atoms with Gasteiger partial charge in [-0.3, -0.25) is 0 Å². The van der Waals surface area contributed by atoms with Crippen molar-refractivity contribution in [2.24, 2.45) is 0 Å². The molecule has 24 heavy (non-hydrogen) atoms. The van der Waals surface area contributed by atoms with Crippen molar-refractivity contribution in [3.63, 3.8) is 0 Å². The zero-order chi connectivity index (χ0) is 17.2. The Morgan fingerprint density at radius 1 is 1.21 bits per heavy atom. The van der Waals surface area contributed by atoms with Gasteiger partial charge in [-0.1, -0.05) is 54.6 Å². The average Bonchev–Trinajstić information content (AvgIpc) is 2.62. The van der Waals surface area contributed by atoms with Crippen molar-refractivity contribution in [3.8, 4) is 0 Å². The molecule has 0 atom stereocenters. The first-order chi connectivity index (χ1) is 11.7. The van der Waals surface area contributed by atoms with Crippen LogP contribution >= 0.6 is 0 Å². The van der Waals surface area contributed by atoms with E-state index in [1.54, 1.807) is 0 Å². The van der Waals surface area contributed by atoms with Crippen molar-refractivity contribution in [3.05, 3.63) is 76.9 Å². The first-order valence-electron chi connectivity index (χ1n) is 8.00. The number of benzene rings is 2. The normalized spacial score (nSPS) is 10.8. The summed E-state index contributed by atoms with van der Waals surface area (Å²) in [7, 11) is 0. The third-order valence-electron chi connectivity index (χ3n) is 3.65. The van der Waals surface area contributed by atoms with Crippen LogP contribution in [-0.2, 0) is 18.0 Å².